The summed E-state index contributed by atoms with van der Waals surface area (Å²) in [5.41, 5.74) is 1.81. The Hall–Kier alpha value is -1.48. The number of nitrogens with zero attached hydrogens (tertiary/aromatic N) is 1. The minimum atomic E-state index is -0.0948. The number of pyridine rings is 1. The van der Waals surface area contributed by atoms with Gasteiger partial charge in [0.2, 0.25) is 0 Å². The maximum absolute atomic E-state index is 12.0. The van der Waals surface area contributed by atoms with E-state index < -0.39 is 0 Å². The second kappa shape index (κ2) is 4.36. The zero-order chi connectivity index (χ0) is 10.7. The van der Waals surface area contributed by atoms with Gasteiger partial charge in [-0.15, -0.1) is 0 Å². The minimum absolute atomic E-state index is 0.0948. The van der Waals surface area contributed by atoms with Gasteiger partial charge in [-0.25, -0.2) is 0 Å². The second-order valence-corrected chi connectivity index (χ2v) is 4.16. The highest BCUT2D eigenvalue weighted by Crippen LogP contribution is 2.20. The third-order valence-corrected chi connectivity index (χ3v) is 3.09. The molecule has 0 saturated heterocycles. The predicted octanol–water partition coefficient (Wildman–Crippen LogP) is 3.13. The molecule has 0 fully saturated rings. The van der Waals surface area contributed by atoms with Gasteiger partial charge in [-0.1, -0.05) is 6.92 Å². The largest absolute Gasteiger partial charge is 0.293 e. The summed E-state index contributed by atoms with van der Waals surface area (Å²) in [6, 6.07) is 5.63. The van der Waals surface area contributed by atoms with Gasteiger partial charge in [0.1, 0.15) is 0 Å². The molecular weight excluding hydrogens is 206 g/mol. The summed E-state index contributed by atoms with van der Waals surface area (Å²) in [6.07, 6.45) is 3.43. The third-order valence-electron chi connectivity index (χ3n) is 2.41. The zero-order valence-corrected chi connectivity index (χ0v) is 9.20. The van der Waals surface area contributed by atoms with Crippen LogP contribution < -0.4 is 0 Å². The second-order valence-electron chi connectivity index (χ2n) is 3.38. The Morgan fingerprint density at radius 3 is 2.67 bits per heavy atom. The average Bonchev–Trinajstić information content (AvgIpc) is 2.82. The Bertz CT molecular complexity index is 436. The van der Waals surface area contributed by atoms with Crippen LogP contribution in [0.4, 0.5) is 0 Å². The molecule has 0 radical (unpaired) electrons. The van der Waals surface area contributed by atoms with E-state index in [9.17, 15) is 4.79 Å². The summed E-state index contributed by atoms with van der Waals surface area (Å²) in [5, 5.41) is 3.81. The van der Waals surface area contributed by atoms with E-state index in [-0.39, 0.29) is 11.7 Å². The zero-order valence-electron chi connectivity index (χ0n) is 8.38. The lowest BCUT2D eigenvalue weighted by Gasteiger charge is -2.08. The van der Waals surface area contributed by atoms with Crippen molar-refractivity contribution in [3.63, 3.8) is 0 Å². The van der Waals surface area contributed by atoms with E-state index in [2.05, 4.69) is 4.98 Å². The van der Waals surface area contributed by atoms with Crippen molar-refractivity contribution < 1.29 is 4.79 Å². The number of carbonyl (C=O) groups is 1. The van der Waals surface area contributed by atoms with Crippen LogP contribution in [0.5, 0.6) is 0 Å². The molecule has 1 atom stereocenters. The van der Waals surface area contributed by atoms with Crippen LogP contribution in [0.15, 0.2) is 41.4 Å². The van der Waals surface area contributed by atoms with Crippen LogP contribution in [-0.2, 0) is 0 Å². The monoisotopic (exact) mass is 217 g/mol. The van der Waals surface area contributed by atoms with Gasteiger partial charge in [-0.3, -0.25) is 9.78 Å². The van der Waals surface area contributed by atoms with E-state index in [0.29, 0.717) is 0 Å². The van der Waals surface area contributed by atoms with Crippen LogP contribution in [0.1, 0.15) is 28.8 Å². The Labute approximate surface area is 92.6 Å². The van der Waals surface area contributed by atoms with Crippen LogP contribution >= 0.6 is 11.3 Å². The van der Waals surface area contributed by atoms with E-state index in [1.165, 1.54) is 0 Å². The normalized spacial score (nSPS) is 12.3. The first-order valence-corrected chi connectivity index (χ1v) is 5.69. The predicted molar refractivity (Wildman–Crippen MR) is 61.3 cm³/mol. The standard InChI is InChI=1S/C12H11NOS/c1-9(10-2-5-13-6-3-10)12(14)11-4-7-15-8-11/h2-9H,1H3. The molecule has 2 rings (SSSR count). The summed E-state index contributed by atoms with van der Waals surface area (Å²) in [4.78, 5) is 15.9. The van der Waals surface area contributed by atoms with E-state index in [1.54, 1.807) is 23.7 Å². The van der Waals surface area contributed by atoms with Crippen LogP contribution in [0, 0.1) is 0 Å². The number of hydrogen-bond donors (Lipinski definition) is 0. The fraction of sp³-hybridized carbons (Fsp3) is 0.167. The molecule has 0 aromatic carbocycles. The molecule has 2 aromatic rings. The molecule has 0 N–H and O–H groups in total. The molecular formula is C12H11NOS. The van der Waals surface area contributed by atoms with E-state index in [4.69, 9.17) is 0 Å². The fourth-order valence-electron chi connectivity index (χ4n) is 1.46. The van der Waals surface area contributed by atoms with E-state index in [0.717, 1.165) is 11.1 Å². The molecule has 0 spiro atoms. The van der Waals surface area contributed by atoms with Crippen molar-refractivity contribution in [2.75, 3.05) is 0 Å². The highest BCUT2D eigenvalue weighted by molar-refractivity contribution is 7.08. The highest BCUT2D eigenvalue weighted by atomic mass is 32.1. The van der Waals surface area contributed by atoms with Gasteiger partial charge in [-0.05, 0) is 29.1 Å². The number of Topliss-reactive ketones (excluding diaryl/α,β-unsaturated/α-hetero) is 1. The highest BCUT2D eigenvalue weighted by Gasteiger charge is 2.16. The van der Waals surface area contributed by atoms with Crippen LogP contribution in [0.25, 0.3) is 0 Å². The summed E-state index contributed by atoms with van der Waals surface area (Å²) >= 11 is 1.55. The molecule has 2 aromatic heterocycles. The van der Waals surface area contributed by atoms with Crippen molar-refractivity contribution in [2.24, 2.45) is 0 Å². The van der Waals surface area contributed by atoms with Crippen LogP contribution in [-0.4, -0.2) is 10.8 Å². The van der Waals surface area contributed by atoms with Crippen molar-refractivity contribution in [1.29, 1.82) is 0 Å². The molecule has 76 valence electrons. The molecule has 0 amide bonds. The molecule has 2 heterocycles. The first-order valence-electron chi connectivity index (χ1n) is 4.75. The van der Waals surface area contributed by atoms with Crippen LogP contribution in [0.2, 0.25) is 0 Å². The summed E-state index contributed by atoms with van der Waals surface area (Å²) in [6.45, 7) is 1.93. The number of ketones is 1. The van der Waals surface area contributed by atoms with Crippen molar-refractivity contribution >= 4 is 17.1 Å². The van der Waals surface area contributed by atoms with Crippen molar-refractivity contribution in [2.45, 2.75) is 12.8 Å². The quantitative estimate of drug-likeness (QED) is 0.739. The summed E-state index contributed by atoms with van der Waals surface area (Å²) in [5.74, 6) is 0.0741. The van der Waals surface area contributed by atoms with Gasteiger partial charge >= 0.3 is 0 Å². The molecule has 0 aliphatic heterocycles. The van der Waals surface area contributed by atoms with Crippen molar-refractivity contribution in [1.82, 2.24) is 4.98 Å². The molecule has 15 heavy (non-hydrogen) atoms. The Kier molecular flexibility index (Phi) is 2.92. The van der Waals surface area contributed by atoms with Crippen molar-refractivity contribution in [3.05, 3.63) is 52.5 Å². The molecule has 2 nitrogen and oxygen atoms in total. The number of carbonyl (C=O) groups excluding carboxylic acids is 1. The number of hydrogen-bond acceptors (Lipinski definition) is 3. The topological polar surface area (TPSA) is 30.0 Å². The van der Waals surface area contributed by atoms with Gasteiger partial charge in [0, 0.05) is 29.3 Å². The number of aromatic nitrogens is 1. The maximum atomic E-state index is 12.0. The van der Waals surface area contributed by atoms with Gasteiger partial charge in [0.25, 0.3) is 0 Å². The van der Waals surface area contributed by atoms with Gasteiger partial charge in [0.15, 0.2) is 5.78 Å². The molecule has 0 bridgehead atoms. The van der Waals surface area contributed by atoms with Gasteiger partial charge < -0.3 is 0 Å². The summed E-state index contributed by atoms with van der Waals surface area (Å²) in [7, 11) is 0. The molecule has 0 aliphatic rings. The Balaban J connectivity index is 2.23. The minimum Gasteiger partial charge on any atom is -0.293 e. The lowest BCUT2D eigenvalue weighted by atomic mass is 9.94. The first-order chi connectivity index (χ1) is 7.29. The third kappa shape index (κ3) is 2.13. The smallest absolute Gasteiger partial charge is 0.170 e. The van der Waals surface area contributed by atoms with E-state index in [1.807, 2.05) is 35.9 Å². The van der Waals surface area contributed by atoms with Gasteiger partial charge in [-0.2, -0.15) is 11.3 Å². The van der Waals surface area contributed by atoms with Gasteiger partial charge in [0.05, 0.1) is 0 Å². The summed E-state index contributed by atoms with van der Waals surface area (Å²) < 4.78 is 0. The number of rotatable bonds is 3. The van der Waals surface area contributed by atoms with Crippen LogP contribution in [0.3, 0.4) is 0 Å². The Morgan fingerprint density at radius 2 is 2.07 bits per heavy atom. The SMILES string of the molecule is CC(C(=O)c1ccsc1)c1ccncc1. The molecule has 0 saturated carbocycles. The van der Waals surface area contributed by atoms with E-state index >= 15 is 0 Å². The lowest BCUT2D eigenvalue weighted by Crippen LogP contribution is -2.08. The average molecular weight is 217 g/mol. The Morgan fingerprint density at radius 1 is 1.33 bits per heavy atom. The lowest BCUT2D eigenvalue weighted by molar-refractivity contribution is 0.0966. The molecule has 3 heteroatoms. The number of thiophene rings is 1. The molecule has 0 aliphatic carbocycles. The maximum Gasteiger partial charge on any atom is 0.170 e. The first kappa shape index (κ1) is 10.1. The van der Waals surface area contributed by atoms with Crippen molar-refractivity contribution in [3.8, 4) is 0 Å². The fourth-order valence-corrected chi connectivity index (χ4v) is 2.10. The molecule has 1 unspecified atom stereocenters.